The minimum atomic E-state index is -0.455. The molecule has 0 unspecified atom stereocenters. The average molecular weight is 392 g/mol. The molecule has 0 aliphatic rings. The van der Waals surface area contributed by atoms with E-state index in [0.29, 0.717) is 17.7 Å². The average Bonchev–Trinajstić information content (AvgIpc) is 3.15. The predicted octanol–water partition coefficient (Wildman–Crippen LogP) is 2.89. The van der Waals surface area contributed by atoms with Crippen molar-refractivity contribution in [3.63, 3.8) is 0 Å². The first-order valence-electron chi connectivity index (χ1n) is 9.40. The fourth-order valence-corrected chi connectivity index (χ4v) is 2.90. The second kappa shape index (κ2) is 9.05. The van der Waals surface area contributed by atoms with Crippen molar-refractivity contribution >= 4 is 11.8 Å². The molecule has 2 amide bonds. The molecule has 150 valence electrons. The Balaban J connectivity index is 1.60. The lowest BCUT2D eigenvalue weighted by molar-refractivity contribution is -0.123. The van der Waals surface area contributed by atoms with E-state index in [0.717, 1.165) is 22.5 Å². The molecule has 0 bridgehead atoms. The van der Waals surface area contributed by atoms with E-state index in [-0.39, 0.29) is 6.61 Å². The van der Waals surface area contributed by atoms with Gasteiger partial charge in [-0.3, -0.25) is 20.4 Å². The molecule has 0 radical (unpaired) electrons. The summed E-state index contributed by atoms with van der Waals surface area (Å²) >= 11 is 0. The van der Waals surface area contributed by atoms with Gasteiger partial charge in [-0.15, -0.1) is 0 Å². The van der Waals surface area contributed by atoms with Gasteiger partial charge in [0, 0.05) is 0 Å². The van der Waals surface area contributed by atoms with Crippen LogP contribution in [0.1, 0.15) is 34.1 Å². The Morgan fingerprint density at radius 3 is 2.48 bits per heavy atom. The number of nitrogens with zero attached hydrogens (tertiary/aromatic N) is 2. The number of hydrogen-bond donors (Lipinski definition) is 2. The van der Waals surface area contributed by atoms with Gasteiger partial charge in [0.25, 0.3) is 11.8 Å². The number of benzene rings is 2. The molecule has 0 aliphatic carbocycles. The highest BCUT2D eigenvalue weighted by Crippen LogP contribution is 2.16. The molecule has 0 saturated carbocycles. The molecule has 0 aliphatic heterocycles. The Bertz CT molecular complexity index is 1010. The number of ether oxygens (including phenoxy) is 1. The number of aromatic nitrogens is 2. The van der Waals surface area contributed by atoms with Gasteiger partial charge in [-0.1, -0.05) is 36.8 Å². The van der Waals surface area contributed by atoms with Gasteiger partial charge in [0.05, 0.1) is 23.1 Å². The lowest BCUT2D eigenvalue weighted by Crippen LogP contribution is -2.44. The van der Waals surface area contributed by atoms with Crippen molar-refractivity contribution in [2.45, 2.75) is 27.2 Å². The number of carbonyl (C=O) groups is 2. The zero-order valence-electron chi connectivity index (χ0n) is 16.7. The van der Waals surface area contributed by atoms with Gasteiger partial charge >= 0.3 is 0 Å². The summed E-state index contributed by atoms with van der Waals surface area (Å²) in [5.74, 6) is -0.285. The van der Waals surface area contributed by atoms with Crippen molar-refractivity contribution in [3.8, 4) is 11.4 Å². The maximum absolute atomic E-state index is 12.5. The Morgan fingerprint density at radius 1 is 1.03 bits per heavy atom. The Hall–Kier alpha value is -3.61. The standard InChI is InChI=1S/C22H24N4O3/c1-4-20-19(13-23-26(20)17-10-8-15(2)9-11-17)22(28)25-24-21(27)14-29-18-7-5-6-16(3)12-18/h5-13H,4,14H2,1-3H3,(H,24,27)(H,25,28). The van der Waals surface area contributed by atoms with E-state index in [1.807, 2.05) is 63.2 Å². The SMILES string of the molecule is CCc1c(C(=O)NNC(=O)COc2cccc(C)c2)cnn1-c1ccc(C)cc1. The fourth-order valence-electron chi connectivity index (χ4n) is 2.90. The number of nitrogens with one attached hydrogen (secondary N) is 2. The number of hydrogen-bond acceptors (Lipinski definition) is 4. The highest BCUT2D eigenvalue weighted by atomic mass is 16.5. The Kier molecular flexibility index (Phi) is 6.29. The minimum absolute atomic E-state index is 0.201. The van der Waals surface area contributed by atoms with Gasteiger partial charge in [-0.25, -0.2) is 4.68 Å². The van der Waals surface area contributed by atoms with E-state index >= 15 is 0 Å². The van der Waals surface area contributed by atoms with Gasteiger partial charge in [0.1, 0.15) is 5.75 Å². The van der Waals surface area contributed by atoms with Crippen molar-refractivity contribution in [2.75, 3.05) is 6.61 Å². The molecule has 1 aromatic heterocycles. The molecule has 29 heavy (non-hydrogen) atoms. The van der Waals surface area contributed by atoms with E-state index in [1.54, 1.807) is 10.7 Å². The third-order valence-corrected chi connectivity index (χ3v) is 4.40. The van der Waals surface area contributed by atoms with Crippen LogP contribution in [0.5, 0.6) is 5.75 Å². The molecule has 0 atom stereocenters. The molecule has 7 heteroatoms. The highest BCUT2D eigenvalue weighted by molar-refractivity contribution is 5.96. The number of hydrazine groups is 1. The molecule has 2 aromatic carbocycles. The third-order valence-electron chi connectivity index (χ3n) is 4.40. The van der Waals surface area contributed by atoms with Crippen molar-refractivity contribution in [1.29, 1.82) is 0 Å². The monoisotopic (exact) mass is 392 g/mol. The molecule has 7 nitrogen and oxygen atoms in total. The molecular weight excluding hydrogens is 368 g/mol. The summed E-state index contributed by atoms with van der Waals surface area (Å²) in [5, 5.41) is 4.34. The first-order valence-corrected chi connectivity index (χ1v) is 9.40. The van der Waals surface area contributed by atoms with Crippen LogP contribution in [0.2, 0.25) is 0 Å². The lowest BCUT2D eigenvalue weighted by atomic mass is 10.2. The summed E-state index contributed by atoms with van der Waals surface area (Å²) in [6.07, 6.45) is 2.12. The van der Waals surface area contributed by atoms with E-state index < -0.39 is 11.8 Å². The molecule has 3 aromatic rings. The third kappa shape index (κ3) is 5.01. The van der Waals surface area contributed by atoms with E-state index in [9.17, 15) is 9.59 Å². The summed E-state index contributed by atoms with van der Waals surface area (Å²) in [6.45, 7) is 5.70. The van der Waals surface area contributed by atoms with Crippen molar-refractivity contribution < 1.29 is 14.3 Å². The molecule has 0 fully saturated rings. The summed E-state index contributed by atoms with van der Waals surface area (Å²) in [6, 6.07) is 15.3. The predicted molar refractivity (Wildman–Crippen MR) is 110 cm³/mol. The summed E-state index contributed by atoms with van der Waals surface area (Å²) in [4.78, 5) is 24.5. The van der Waals surface area contributed by atoms with Gasteiger partial charge in [0.15, 0.2) is 6.61 Å². The quantitative estimate of drug-likeness (QED) is 0.632. The van der Waals surface area contributed by atoms with Crippen LogP contribution in [0.15, 0.2) is 54.7 Å². The minimum Gasteiger partial charge on any atom is -0.484 e. The van der Waals surface area contributed by atoms with Crippen molar-refractivity contribution in [3.05, 3.63) is 77.1 Å². The van der Waals surface area contributed by atoms with Gasteiger partial charge in [-0.2, -0.15) is 5.10 Å². The van der Waals surface area contributed by atoms with E-state index in [1.165, 1.54) is 6.20 Å². The smallest absolute Gasteiger partial charge is 0.276 e. The maximum Gasteiger partial charge on any atom is 0.276 e. The number of amides is 2. The molecule has 0 saturated heterocycles. The number of rotatable bonds is 6. The normalized spacial score (nSPS) is 10.4. The summed E-state index contributed by atoms with van der Waals surface area (Å²) < 4.78 is 7.16. The first kappa shape index (κ1) is 20.1. The van der Waals surface area contributed by atoms with Crippen LogP contribution < -0.4 is 15.6 Å². The van der Waals surface area contributed by atoms with Gasteiger partial charge in [-0.05, 0) is 50.1 Å². The zero-order chi connectivity index (χ0) is 20.8. The van der Waals surface area contributed by atoms with Crippen LogP contribution in [-0.2, 0) is 11.2 Å². The van der Waals surface area contributed by atoms with Crippen molar-refractivity contribution in [2.24, 2.45) is 0 Å². The fraction of sp³-hybridized carbons (Fsp3) is 0.227. The molecule has 1 heterocycles. The first-order chi connectivity index (χ1) is 14.0. The van der Waals surface area contributed by atoms with Crippen LogP contribution >= 0.6 is 0 Å². The largest absolute Gasteiger partial charge is 0.484 e. The van der Waals surface area contributed by atoms with Gasteiger partial charge in [0.2, 0.25) is 0 Å². The van der Waals surface area contributed by atoms with Crippen molar-refractivity contribution in [1.82, 2.24) is 20.6 Å². The summed E-state index contributed by atoms with van der Waals surface area (Å²) in [5.41, 5.74) is 9.03. The Morgan fingerprint density at radius 2 is 1.79 bits per heavy atom. The van der Waals surface area contributed by atoms with E-state index in [2.05, 4.69) is 16.0 Å². The van der Waals surface area contributed by atoms with Crippen LogP contribution in [-0.4, -0.2) is 28.2 Å². The van der Waals surface area contributed by atoms with Crippen LogP contribution in [0, 0.1) is 13.8 Å². The number of carbonyl (C=O) groups excluding carboxylic acids is 2. The van der Waals surface area contributed by atoms with Gasteiger partial charge < -0.3 is 4.74 Å². The zero-order valence-corrected chi connectivity index (χ0v) is 16.7. The van der Waals surface area contributed by atoms with E-state index in [4.69, 9.17) is 4.74 Å². The Labute approximate surface area is 169 Å². The summed E-state index contributed by atoms with van der Waals surface area (Å²) in [7, 11) is 0. The second-order valence-electron chi connectivity index (χ2n) is 6.71. The molecule has 3 rings (SSSR count). The lowest BCUT2D eigenvalue weighted by Gasteiger charge is -2.10. The van der Waals surface area contributed by atoms with Crippen LogP contribution in [0.25, 0.3) is 5.69 Å². The topological polar surface area (TPSA) is 85.2 Å². The maximum atomic E-state index is 12.5. The number of aryl methyl sites for hydroxylation is 2. The van der Waals surface area contributed by atoms with Crippen LogP contribution in [0.4, 0.5) is 0 Å². The molecule has 0 spiro atoms. The second-order valence-corrected chi connectivity index (χ2v) is 6.71. The molecule has 2 N–H and O–H groups in total. The van der Waals surface area contributed by atoms with Crippen LogP contribution in [0.3, 0.4) is 0 Å². The molecular formula is C22H24N4O3. The highest BCUT2D eigenvalue weighted by Gasteiger charge is 2.17.